The summed E-state index contributed by atoms with van der Waals surface area (Å²) in [4.78, 5) is 0. The maximum Gasteiger partial charge on any atom is 0.416 e. The van der Waals surface area contributed by atoms with Gasteiger partial charge in [-0.2, -0.15) is 13.2 Å². The van der Waals surface area contributed by atoms with Crippen LogP contribution in [-0.2, 0) is 17.5 Å². The third kappa shape index (κ3) is 8.01. The average Bonchev–Trinajstić information content (AvgIpc) is 3.67. The molecule has 5 aromatic carbocycles. The Morgan fingerprint density at radius 2 is 1.24 bits per heavy atom. The molecule has 0 amide bonds. The largest absolute Gasteiger partial charge is 0.416 e. The van der Waals surface area contributed by atoms with Crippen molar-refractivity contribution in [2.24, 2.45) is 0 Å². The number of ether oxygens (including phenoxy) is 1. The third-order valence-electron chi connectivity index (χ3n) is 12.4. The van der Waals surface area contributed by atoms with E-state index >= 15 is 0 Å². The molecule has 0 fully saturated rings. The number of nitrogens with one attached hydrogen (secondary N) is 1. The summed E-state index contributed by atoms with van der Waals surface area (Å²) in [5.74, 6) is 0.0483. The van der Waals surface area contributed by atoms with Gasteiger partial charge in [0.05, 0.1) is 19.2 Å². The lowest BCUT2D eigenvalue weighted by Crippen LogP contribution is -2.47. The van der Waals surface area contributed by atoms with E-state index in [1.165, 1.54) is 62.2 Å². The summed E-state index contributed by atoms with van der Waals surface area (Å²) in [7, 11) is -2.46. The molecule has 5 aromatic rings. The molecule has 288 valence electrons. The number of hydrogen-bond acceptors (Lipinski definition) is 2. The molecule has 0 heterocycles. The third-order valence-corrected chi connectivity index (χ3v) is 17.8. The minimum absolute atomic E-state index is 0.0483. The van der Waals surface area contributed by atoms with Crippen molar-refractivity contribution in [2.45, 2.75) is 114 Å². The quantitative estimate of drug-likeness (QED) is 0.0953. The molecule has 4 unspecified atom stereocenters. The van der Waals surface area contributed by atoms with Crippen molar-refractivity contribution in [1.82, 2.24) is 5.32 Å². The molecule has 0 aliphatic heterocycles. The van der Waals surface area contributed by atoms with Gasteiger partial charge in [-0.25, -0.2) is 0 Å². The van der Waals surface area contributed by atoms with Crippen LogP contribution in [0.4, 0.5) is 13.2 Å². The van der Waals surface area contributed by atoms with Crippen molar-refractivity contribution >= 4 is 8.07 Å². The van der Waals surface area contributed by atoms with Gasteiger partial charge >= 0.3 is 6.18 Å². The van der Waals surface area contributed by atoms with E-state index in [9.17, 15) is 13.2 Å². The Labute approximate surface area is 327 Å². The summed E-state index contributed by atoms with van der Waals surface area (Å²) >= 11 is 0. The Morgan fingerprint density at radius 1 is 0.655 bits per heavy atom. The number of benzene rings is 5. The van der Waals surface area contributed by atoms with Crippen LogP contribution in [0.2, 0.25) is 12.6 Å². The van der Waals surface area contributed by atoms with Gasteiger partial charge in [-0.05, 0) is 103 Å². The Morgan fingerprint density at radius 3 is 1.89 bits per heavy atom. The second-order valence-corrected chi connectivity index (χ2v) is 22.0. The number of halogens is 3. The molecule has 0 saturated heterocycles. The molecular weight excluding hydrogens is 704 g/mol. The lowest BCUT2D eigenvalue weighted by Gasteiger charge is -2.45. The molecule has 1 N–H and O–H groups in total. The first kappa shape index (κ1) is 39.3. The molecule has 6 heteroatoms. The molecule has 2 nitrogen and oxygen atoms in total. The van der Waals surface area contributed by atoms with Gasteiger partial charge in [0.2, 0.25) is 0 Å². The van der Waals surface area contributed by atoms with Crippen LogP contribution in [0.25, 0.3) is 11.1 Å². The number of unbranched alkanes of at least 4 members (excludes halogenated alkanes) is 3. The van der Waals surface area contributed by atoms with Gasteiger partial charge in [-0.15, -0.1) is 0 Å². The lowest BCUT2D eigenvalue weighted by molar-refractivity contribution is -0.138. The van der Waals surface area contributed by atoms with Crippen LogP contribution in [0.3, 0.4) is 0 Å². The zero-order valence-electron chi connectivity index (χ0n) is 33.3. The molecule has 4 atom stereocenters. The summed E-state index contributed by atoms with van der Waals surface area (Å²) in [6.07, 6.45) is 0.0314. The molecule has 2 aliphatic carbocycles. The van der Waals surface area contributed by atoms with Gasteiger partial charge < -0.3 is 10.1 Å². The van der Waals surface area contributed by atoms with Gasteiger partial charge in [0.15, 0.2) is 0 Å². The standard InChI is InChI=1S/C49H56F3NOSi/c1-33-27-28-34(2)42(31-33)44-45(53-32-35-19-9-16-26-43(35)49(50,51)52)38-22-12-15-25-41(38)47(44)55(6,30-18-8-7-17-29-54-48(3,4)5)46-39-23-13-10-20-36(39)37-21-11-14-24-40(37)46/h9-16,19-28,31,44-47,53H,7-8,17-18,29-30,32H2,1-6H3. The fourth-order valence-corrected chi connectivity index (χ4v) is 16.1. The Kier molecular flexibility index (Phi) is 11.3. The first-order chi connectivity index (χ1) is 26.3. The highest BCUT2D eigenvalue weighted by Crippen LogP contribution is 2.62. The van der Waals surface area contributed by atoms with E-state index in [0.29, 0.717) is 0 Å². The van der Waals surface area contributed by atoms with Crippen LogP contribution in [0.1, 0.15) is 120 Å². The second-order valence-electron chi connectivity index (χ2n) is 17.2. The molecule has 2 aliphatic rings. The van der Waals surface area contributed by atoms with E-state index < -0.39 is 19.8 Å². The van der Waals surface area contributed by atoms with Gasteiger partial charge in [-0.3, -0.25) is 0 Å². The molecule has 0 spiro atoms. The minimum atomic E-state index is -4.42. The summed E-state index contributed by atoms with van der Waals surface area (Å²) in [6.45, 7) is 14.3. The maximum absolute atomic E-state index is 14.3. The van der Waals surface area contributed by atoms with Gasteiger partial charge in [0.25, 0.3) is 0 Å². The molecular formula is C49H56F3NOSi. The predicted molar refractivity (Wildman–Crippen MR) is 223 cm³/mol. The number of alkyl halides is 3. The van der Waals surface area contributed by atoms with Gasteiger partial charge in [-0.1, -0.05) is 147 Å². The first-order valence-electron chi connectivity index (χ1n) is 20.1. The van der Waals surface area contributed by atoms with Crippen molar-refractivity contribution in [3.63, 3.8) is 0 Å². The van der Waals surface area contributed by atoms with E-state index in [-0.39, 0.29) is 40.8 Å². The number of fused-ring (bicyclic) bond motifs is 4. The van der Waals surface area contributed by atoms with Crippen molar-refractivity contribution in [3.8, 4) is 11.1 Å². The van der Waals surface area contributed by atoms with E-state index in [2.05, 4.69) is 137 Å². The number of hydrogen-bond donors (Lipinski definition) is 1. The van der Waals surface area contributed by atoms with Crippen LogP contribution < -0.4 is 5.32 Å². The van der Waals surface area contributed by atoms with Crippen LogP contribution in [-0.4, -0.2) is 20.3 Å². The molecule has 0 saturated carbocycles. The zero-order chi connectivity index (χ0) is 39.0. The van der Waals surface area contributed by atoms with Crippen molar-refractivity contribution < 1.29 is 17.9 Å². The van der Waals surface area contributed by atoms with Gasteiger partial charge in [0, 0.05) is 30.7 Å². The normalized spacial score (nSPS) is 19.2. The first-order valence-corrected chi connectivity index (χ1v) is 23.0. The van der Waals surface area contributed by atoms with Crippen LogP contribution in [0.15, 0.2) is 115 Å². The summed E-state index contributed by atoms with van der Waals surface area (Å²) < 4.78 is 49.0. The van der Waals surface area contributed by atoms with Crippen molar-refractivity contribution in [1.29, 1.82) is 0 Å². The zero-order valence-corrected chi connectivity index (χ0v) is 34.3. The lowest BCUT2D eigenvalue weighted by atomic mass is 9.87. The molecule has 0 radical (unpaired) electrons. The van der Waals surface area contributed by atoms with Crippen LogP contribution in [0, 0.1) is 13.8 Å². The topological polar surface area (TPSA) is 21.3 Å². The van der Waals surface area contributed by atoms with E-state index in [0.717, 1.165) is 38.3 Å². The van der Waals surface area contributed by atoms with Crippen LogP contribution in [0.5, 0.6) is 0 Å². The second kappa shape index (κ2) is 15.9. The summed E-state index contributed by atoms with van der Waals surface area (Å²) in [5, 5.41) is 3.80. The molecule has 0 aromatic heterocycles. The highest BCUT2D eigenvalue weighted by molar-refractivity contribution is 6.82. The predicted octanol–water partition coefficient (Wildman–Crippen LogP) is 13.4. The number of aryl methyl sites for hydroxylation is 2. The Bertz CT molecular complexity index is 2070. The Hall–Kier alpha value is -3.97. The SMILES string of the molecule is Cc1ccc(C)c(C2C(NCc3ccccc3C(F)(F)F)c3ccccc3C2[Si](C)(CCCCCCOC(C)(C)C)C2c3ccccc3-c3ccccc32)c1. The van der Waals surface area contributed by atoms with Crippen LogP contribution >= 0.6 is 0 Å². The maximum atomic E-state index is 14.3. The van der Waals surface area contributed by atoms with E-state index in [1.54, 1.807) is 12.1 Å². The van der Waals surface area contributed by atoms with E-state index in [1.807, 2.05) is 0 Å². The fourth-order valence-electron chi connectivity index (χ4n) is 9.99. The van der Waals surface area contributed by atoms with Gasteiger partial charge in [0.1, 0.15) is 0 Å². The smallest absolute Gasteiger partial charge is 0.376 e. The molecule has 7 rings (SSSR count). The highest BCUT2D eigenvalue weighted by Gasteiger charge is 2.56. The molecule has 55 heavy (non-hydrogen) atoms. The average molecular weight is 760 g/mol. The highest BCUT2D eigenvalue weighted by atomic mass is 28.3. The minimum Gasteiger partial charge on any atom is -0.376 e. The van der Waals surface area contributed by atoms with Crippen molar-refractivity contribution in [2.75, 3.05) is 6.61 Å². The Balaban J connectivity index is 1.35. The molecule has 0 bridgehead atoms. The fraction of sp³-hybridized carbons (Fsp3) is 0.388. The van der Waals surface area contributed by atoms with Crippen molar-refractivity contribution in [3.05, 3.63) is 165 Å². The number of rotatable bonds is 13. The summed E-state index contributed by atoms with van der Waals surface area (Å²) in [6, 6.07) is 40.7. The monoisotopic (exact) mass is 759 g/mol. The van der Waals surface area contributed by atoms with E-state index in [4.69, 9.17) is 4.74 Å². The summed E-state index contributed by atoms with van der Waals surface area (Å²) in [5.41, 5.74) is 12.0.